The van der Waals surface area contributed by atoms with Crippen molar-refractivity contribution in [2.75, 3.05) is 19.3 Å². The molecule has 1 aliphatic rings. The van der Waals surface area contributed by atoms with E-state index in [4.69, 9.17) is 20.4 Å². The predicted molar refractivity (Wildman–Crippen MR) is 129 cm³/mol. The number of pyridine rings is 1. The molecule has 1 amide bonds. The quantitative estimate of drug-likeness (QED) is 0.358. The summed E-state index contributed by atoms with van der Waals surface area (Å²) in [5.41, 5.74) is -2.37. The van der Waals surface area contributed by atoms with Crippen LogP contribution in [0.2, 0.25) is 0 Å². The van der Waals surface area contributed by atoms with Gasteiger partial charge in [-0.3, -0.25) is 19.4 Å². The van der Waals surface area contributed by atoms with Gasteiger partial charge in [-0.05, 0) is 37.1 Å². The Morgan fingerprint density at radius 1 is 1.05 bits per heavy atom. The van der Waals surface area contributed by atoms with Gasteiger partial charge >= 0.3 is 17.9 Å². The fourth-order valence-electron chi connectivity index (χ4n) is 3.98. The summed E-state index contributed by atoms with van der Waals surface area (Å²) in [5.74, 6) is -7.38. The second-order valence-electron chi connectivity index (χ2n) is 8.89. The number of nitrogens with zero attached hydrogens (tertiary/aromatic N) is 2. The molecule has 1 atom stereocenters. The summed E-state index contributed by atoms with van der Waals surface area (Å²) in [6.07, 6.45) is 1.68. The largest absolute Gasteiger partial charge is 0.481 e. The first-order valence-corrected chi connectivity index (χ1v) is 13.2. The van der Waals surface area contributed by atoms with E-state index in [1.807, 2.05) is 0 Å². The summed E-state index contributed by atoms with van der Waals surface area (Å²) in [6.45, 7) is 0.686. The molecule has 15 heteroatoms. The van der Waals surface area contributed by atoms with Gasteiger partial charge in [-0.1, -0.05) is 0 Å². The average molecular weight is 573 g/mol. The van der Waals surface area contributed by atoms with Crippen LogP contribution in [0.15, 0.2) is 41.4 Å². The lowest BCUT2D eigenvalue weighted by Crippen LogP contribution is -2.42. The molecule has 1 aromatic carbocycles. The number of benzene rings is 1. The second-order valence-corrected chi connectivity index (χ2v) is 10.9. The molecule has 1 unspecified atom stereocenters. The lowest BCUT2D eigenvalue weighted by Gasteiger charge is -2.33. The van der Waals surface area contributed by atoms with E-state index in [1.54, 1.807) is 6.07 Å². The molecule has 0 saturated carbocycles. The van der Waals surface area contributed by atoms with Gasteiger partial charge in [-0.15, -0.1) is 0 Å². The molecule has 2 aromatic rings. The van der Waals surface area contributed by atoms with Gasteiger partial charge in [0.25, 0.3) is 5.91 Å². The van der Waals surface area contributed by atoms with Crippen LogP contribution in [0.5, 0.6) is 0 Å². The first-order valence-electron chi connectivity index (χ1n) is 11.3. The summed E-state index contributed by atoms with van der Waals surface area (Å²) in [4.78, 5) is 49.0. The van der Waals surface area contributed by atoms with Gasteiger partial charge in [0.05, 0.1) is 23.4 Å². The Morgan fingerprint density at radius 2 is 1.62 bits per heavy atom. The maximum Gasteiger partial charge on any atom is 0.336 e. The third-order valence-electron chi connectivity index (χ3n) is 5.69. The van der Waals surface area contributed by atoms with E-state index < -0.39 is 63.7 Å². The highest BCUT2D eigenvalue weighted by Gasteiger charge is 2.40. The van der Waals surface area contributed by atoms with Crippen LogP contribution >= 0.6 is 0 Å². The number of carboxylic acid groups (broad SMARTS) is 3. The van der Waals surface area contributed by atoms with Crippen LogP contribution in [0, 0.1) is 11.6 Å². The Hall–Kier alpha value is -3.98. The topological polar surface area (TPSA) is 199 Å². The predicted octanol–water partition coefficient (Wildman–Crippen LogP) is 1.53. The first kappa shape index (κ1) is 31.2. The molecule has 1 aromatic heterocycles. The molecule has 1 saturated heterocycles. The molecule has 39 heavy (non-hydrogen) atoms. The third-order valence-corrected chi connectivity index (χ3v) is 6.83. The number of hydrogen-bond acceptors (Lipinski definition) is 8. The fraction of sp³-hybridized carbons (Fsp3) is 0.375. The Morgan fingerprint density at radius 3 is 2.10 bits per heavy atom. The Kier molecular flexibility index (Phi) is 10.2. The van der Waals surface area contributed by atoms with Crippen LogP contribution < -0.4 is 0 Å². The molecule has 0 radical (unpaired) electrons. The highest BCUT2D eigenvalue weighted by molar-refractivity contribution is 7.90. The highest BCUT2D eigenvalue weighted by atomic mass is 32.2. The molecule has 4 N–H and O–H groups in total. The third kappa shape index (κ3) is 8.78. The van der Waals surface area contributed by atoms with Gasteiger partial charge < -0.3 is 25.3 Å². The number of carboxylic acids is 3. The molecule has 1 aliphatic heterocycles. The summed E-state index contributed by atoms with van der Waals surface area (Å²) in [6, 6.07) is 5.76. The number of carbonyl (C=O) groups excluding carboxylic acids is 1. The minimum absolute atomic E-state index is 0.0625. The van der Waals surface area contributed by atoms with E-state index in [2.05, 4.69) is 4.98 Å². The van der Waals surface area contributed by atoms with Crippen molar-refractivity contribution in [3.05, 3.63) is 59.4 Å². The zero-order valence-corrected chi connectivity index (χ0v) is 21.4. The molecular weight excluding hydrogens is 546 g/mol. The van der Waals surface area contributed by atoms with Crippen LogP contribution in [0.3, 0.4) is 0 Å². The van der Waals surface area contributed by atoms with Crippen LogP contribution in [0.1, 0.15) is 47.7 Å². The average Bonchev–Trinajstić information content (AvgIpc) is 2.82. The standard InChI is InChI=1S/C18H18F2N2O3S.C6H8O7/c1-26(24,25)16-5-2-6-21-17(16)12-4-3-7-22(11-12)18(23)13-8-14(19)10-15(20)9-13;7-3(8)1-6(13,5(11)12)2-4(9)10/h2,5-6,8-10,12H,3-4,7,11H2,1H3;13H,1-2H2,(H,7,8)(H,9,10)(H,11,12). The SMILES string of the molecule is CS(=O)(=O)c1cccnc1C1CCCN(C(=O)c2cc(F)cc(F)c2)C1.O=C(O)CC(O)(CC(=O)O)C(=O)O. The van der Waals surface area contributed by atoms with Crippen LogP contribution in [0.4, 0.5) is 8.78 Å². The number of carbonyl (C=O) groups is 4. The molecule has 0 bridgehead atoms. The van der Waals surface area contributed by atoms with Crippen molar-refractivity contribution < 1.29 is 56.8 Å². The van der Waals surface area contributed by atoms with E-state index in [-0.39, 0.29) is 22.9 Å². The van der Waals surface area contributed by atoms with Gasteiger partial charge in [-0.2, -0.15) is 0 Å². The van der Waals surface area contributed by atoms with E-state index in [0.29, 0.717) is 31.1 Å². The van der Waals surface area contributed by atoms with Crippen molar-refractivity contribution in [1.29, 1.82) is 0 Å². The molecule has 3 rings (SSSR count). The van der Waals surface area contributed by atoms with Crippen LogP contribution in [-0.4, -0.2) is 87.5 Å². The normalized spacial score (nSPS) is 15.6. The van der Waals surface area contributed by atoms with E-state index >= 15 is 0 Å². The number of halogens is 2. The number of aliphatic carboxylic acids is 3. The minimum atomic E-state index is -3.45. The van der Waals surface area contributed by atoms with Crippen molar-refractivity contribution in [2.45, 2.75) is 42.1 Å². The molecule has 2 heterocycles. The number of amides is 1. The summed E-state index contributed by atoms with van der Waals surface area (Å²) in [7, 11) is -3.45. The molecular formula is C24H26F2N2O10S. The van der Waals surface area contributed by atoms with E-state index in [1.165, 1.54) is 17.2 Å². The van der Waals surface area contributed by atoms with Crippen molar-refractivity contribution in [2.24, 2.45) is 0 Å². The van der Waals surface area contributed by atoms with Gasteiger partial charge in [0.1, 0.15) is 11.6 Å². The number of aromatic nitrogens is 1. The first-order chi connectivity index (χ1) is 18.0. The van der Waals surface area contributed by atoms with E-state index in [0.717, 1.165) is 18.4 Å². The van der Waals surface area contributed by atoms with Crippen molar-refractivity contribution in [3.8, 4) is 0 Å². The molecule has 1 fully saturated rings. The van der Waals surface area contributed by atoms with Gasteiger partial charge in [-0.25, -0.2) is 22.0 Å². The lowest BCUT2D eigenvalue weighted by atomic mass is 9.93. The van der Waals surface area contributed by atoms with Gasteiger partial charge in [0.2, 0.25) is 0 Å². The number of hydrogen-bond donors (Lipinski definition) is 4. The number of piperidine rings is 1. The maximum atomic E-state index is 13.4. The van der Waals surface area contributed by atoms with Crippen molar-refractivity contribution in [1.82, 2.24) is 9.88 Å². The Bertz CT molecular complexity index is 1330. The van der Waals surface area contributed by atoms with Crippen molar-refractivity contribution >= 4 is 33.7 Å². The van der Waals surface area contributed by atoms with E-state index in [9.17, 15) is 36.4 Å². The summed E-state index contributed by atoms with van der Waals surface area (Å²) >= 11 is 0. The molecule has 212 valence electrons. The number of likely N-dealkylation sites (tertiary alicyclic amines) is 1. The summed E-state index contributed by atoms with van der Waals surface area (Å²) < 4.78 is 50.8. The van der Waals surface area contributed by atoms with Crippen molar-refractivity contribution in [3.63, 3.8) is 0 Å². The number of rotatable bonds is 8. The minimum Gasteiger partial charge on any atom is -0.481 e. The second kappa shape index (κ2) is 12.7. The van der Waals surface area contributed by atoms with Crippen LogP contribution in [-0.2, 0) is 24.2 Å². The van der Waals surface area contributed by atoms with Crippen LogP contribution in [0.25, 0.3) is 0 Å². The lowest BCUT2D eigenvalue weighted by molar-refractivity contribution is -0.170. The monoisotopic (exact) mass is 572 g/mol. The molecule has 12 nitrogen and oxygen atoms in total. The highest BCUT2D eigenvalue weighted by Crippen LogP contribution is 2.30. The molecule has 0 aliphatic carbocycles. The smallest absolute Gasteiger partial charge is 0.336 e. The zero-order chi connectivity index (χ0) is 29.5. The fourth-order valence-corrected chi connectivity index (χ4v) is 4.91. The Labute approximate surface area is 221 Å². The zero-order valence-electron chi connectivity index (χ0n) is 20.6. The molecule has 0 spiro atoms. The Balaban J connectivity index is 0.000000349. The van der Waals surface area contributed by atoms with Gasteiger partial charge in [0, 0.05) is 43.1 Å². The van der Waals surface area contributed by atoms with Gasteiger partial charge in [0.15, 0.2) is 15.4 Å². The summed E-state index contributed by atoms with van der Waals surface area (Å²) in [5, 5.41) is 33.8. The number of aliphatic hydroxyl groups is 1. The maximum absolute atomic E-state index is 13.4. The number of sulfone groups is 1.